The zero-order valence-electron chi connectivity index (χ0n) is 14.1. The molecule has 0 aliphatic rings. The van der Waals surface area contributed by atoms with Gasteiger partial charge in [0.05, 0.1) is 11.4 Å². The van der Waals surface area contributed by atoms with Crippen LogP contribution in [0.1, 0.15) is 16.7 Å². The van der Waals surface area contributed by atoms with E-state index in [1.165, 1.54) is 17.5 Å². The van der Waals surface area contributed by atoms with Crippen LogP contribution in [0.25, 0.3) is 5.69 Å². The van der Waals surface area contributed by atoms with Gasteiger partial charge in [-0.25, -0.2) is 4.68 Å². The van der Waals surface area contributed by atoms with Crippen molar-refractivity contribution >= 4 is 23.4 Å². The molecular weight excluding hydrogens is 334 g/mol. The van der Waals surface area contributed by atoms with Crippen LogP contribution in [-0.4, -0.2) is 31.9 Å². The molecular formula is C18H19N5OS. The SMILES string of the molecule is Cc1cccc(CSCC(=O)Nc2ccc(C)c(-n3cnnn3)c2)c1. The Labute approximate surface area is 150 Å². The Morgan fingerprint density at radius 3 is 2.84 bits per heavy atom. The maximum absolute atomic E-state index is 12.2. The lowest BCUT2D eigenvalue weighted by molar-refractivity contribution is -0.113. The van der Waals surface area contributed by atoms with E-state index in [0.717, 1.165) is 22.7 Å². The first-order chi connectivity index (χ1) is 12.1. The molecule has 0 bridgehead atoms. The van der Waals surface area contributed by atoms with Crippen LogP contribution in [0.2, 0.25) is 0 Å². The zero-order valence-corrected chi connectivity index (χ0v) is 15.0. The number of tetrazole rings is 1. The second kappa shape index (κ2) is 7.94. The van der Waals surface area contributed by atoms with E-state index in [-0.39, 0.29) is 5.91 Å². The summed E-state index contributed by atoms with van der Waals surface area (Å²) in [6, 6.07) is 14.0. The number of carbonyl (C=O) groups excluding carboxylic acids is 1. The number of amides is 1. The maximum Gasteiger partial charge on any atom is 0.234 e. The summed E-state index contributed by atoms with van der Waals surface area (Å²) in [5, 5.41) is 14.1. The van der Waals surface area contributed by atoms with Crippen LogP contribution in [0.4, 0.5) is 5.69 Å². The van der Waals surface area contributed by atoms with Gasteiger partial charge in [0.25, 0.3) is 0 Å². The summed E-state index contributed by atoms with van der Waals surface area (Å²) >= 11 is 1.60. The normalized spacial score (nSPS) is 10.6. The Balaban J connectivity index is 1.57. The number of benzene rings is 2. The number of thioether (sulfide) groups is 1. The van der Waals surface area contributed by atoms with Gasteiger partial charge >= 0.3 is 0 Å². The number of anilines is 1. The summed E-state index contributed by atoms with van der Waals surface area (Å²) in [5.74, 6) is 1.20. The van der Waals surface area contributed by atoms with E-state index in [4.69, 9.17) is 0 Å². The highest BCUT2D eigenvalue weighted by Crippen LogP contribution is 2.19. The van der Waals surface area contributed by atoms with E-state index in [1.54, 1.807) is 16.4 Å². The van der Waals surface area contributed by atoms with Crippen molar-refractivity contribution in [2.45, 2.75) is 19.6 Å². The van der Waals surface area contributed by atoms with E-state index in [0.29, 0.717) is 5.75 Å². The minimum absolute atomic E-state index is 0.0239. The van der Waals surface area contributed by atoms with Gasteiger partial charge in [0.1, 0.15) is 6.33 Å². The number of carbonyl (C=O) groups is 1. The van der Waals surface area contributed by atoms with Crippen LogP contribution >= 0.6 is 11.8 Å². The quantitative estimate of drug-likeness (QED) is 0.737. The standard InChI is InChI=1S/C18H19N5OS/c1-13-4-3-5-15(8-13)10-25-11-18(24)20-16-7-6-14(2)17(9-16)23-12-19-21-22-23/h3-9,12H,10-11H2,1-2H3,(H,20,24). The molecule has 3 aromatic rings. The van der Waals surface area contributed by atoms with Crippen molar-refractivity contribution < 1.29 is 4.79 Å². The zero-order chi connectivity index (χ0) is 17.6. The topological polar surface area (TPSA) is 72.7 Å². The average molecular weight is 353 g/mol. The summed E-state index contributed by atoms with van der Waals surface area (Å²) in [4.78, 5) is 12.2. The van der Waals surface area contributed by atoms with Gasteiger partial charge in [-0.1, -0.05) is 35.9 Å². The lowest BCUT2D eigenvalue weighted by atomic mass is 10.2. The lowest BCUT2D eigenvalue weighted by Crippen LogP contribution is -2.14. The van der Waals surface area contributed by atoms with Gasteiger partial charge in [0, 0.05) is 11.4 Å². The molecule has 0 spiro atoms. The monoisotopic (exact) mass is 353 g/mol. The minimum atomic E-state index is -0.0239. The molecule has 0 unspecified atom stereocenters. The molecule has 2 aromatic carbocycles. The van der Waals surface area contributed by atoms with Gasteiger partial charge < -0.3 is 5.32 Å². The fourth-order valence-electron chi connectivity index (χ4n) is 2.47. The Hall–Kier alpha value is -2.67. The molecule has 0 fully saturated rings. The number of hydrogen-bond acceptors (Lipinski definition) is 5. The Morgan fingerprint density at radius 1 is 1.20 bits per heavy atom. The second-order valence-electron chi connectivity index (χ2n) is 5.79. The van der Waals surface area contributed by atoms with Crippen LogP contribution in [0.15, 0.2) is 48.8 Å². The molecule has 1 N–H and O–H groups in total. The van der Waals surface area contributed by atoms with E-state index in [9.17, 15) is 4.79 Å². The van der Waals surface area contributed by atoms with Gasteiger partial charge in [-0.05, 0) is 47.5 Å². The fourth-order valence-corrected chi connectivity index (χ4v) is 3.24. The molecule has 0 atom stereocenters. The molecule has 0 aliphatic carbocycles. The van der Waals surface area contributed by atoms with Gasteiger partial charge in [-0.3, -0.25) is 4.79 Å². The third kappa shape index (κ3) is 4.67. The van der Waals surface area contributed by atoms with Gasteiger partial charge in [-0.15, -0.1) is 16.9 Å². The Kier molecular flexibility index (Phi) is 5.45. The van der Waals surface area contributed by atoms with Crippen molar-refractivity contribution in [3.8, 4) is 5.69 Å². The second-order valence-corrected chi connectivity index (χ2v) is 6.77. The summed E-state index contributed by atoms with van der Waals surface area (Å²) < 4.78 is 1.58. The highest BCUT2D eigenvalue weighted by Gasteiger charge is 2.07. The first-order valence-electron chi connectivity index (χ1n) is 7.89. The Morgan fingerprint density at radius 2 is 2.08 bits per heavy atom. The van der Waals surface area contributed by atoms with E-state index >= 15 is 0 Å². The first kappa shape index (κ1) is 17.2. The number of aryl methyl sites for hydroxylation is 2. The minimum Gasteiger partial charge on any atom is -0.325 e. The molecule has 0 aliphatic heterocycles. The van der Waals surface area contributed by atoms with Crippen molar-refractivity contribution in [2.24, 2.45) is 0 Å². The number of aromatic nitrogens is 4. The van der Waals surface area contributed by atoms with Crippen molar-refractivity contribution in [3.05, 3.63) is 65.5 Å². The molecule has 128 valence electrons. The van der Waals surface area contributed by atoms with E-state index in [1.807, 2.05) is 31.2 Å². The third-order valence-corrected chi connectivity index (χ3v) is 4.68. The van der Waals surface area contributed by atoms with E-state index < -0.39 is 0 Å². The molecule has 6 nitrogen and oxygen atoms in total. The molecule has 1 amide bonds. The maximum atomic E-state index is 12.2. The highest BCUT2D eigenvalue weighted by atomic mass is 32.2. The summed E-state index contributed by atoms with van der Waals surface area (Å²) in [5.41, 5.74) is 5.07. The molecule has 0 saturated heterocycles. The molecule has 0 saturated carbocycles. The third-order valence-electron chi connectivity index (χ3n) is 3.67. The summed E-state index contributed by atoms with van der Waals surface area (Å²) in [6.45, 7) is 4.04. The highest BCUT2D eigenvalue weighted by molar-refractivity contribution is 7.99. The van der Waals surface area contributed by atoms with Crippen LogP contribution in [-0.2, 0) is 10.5 Å². The van der Waals surface area contributed by atoms with Crippen molar-refractivity contribution in [3.63, 3.8) is 0 Å². The van der Waals surface area contributed by atoms with Crippen LogP contribution < -0.4 is 5.32 Å². The predicted octanol–water partition coefficient (Wildman–Crippen LogP) is 3.15. The van der Waals surface area contributed by atoms with Crippen molar-refractivity contribution in [1.82, 2.24) is 20.2 Å². The van der Waals surface area contributed by atoms with E-state index in [2.05, 4.69) is 46.0 Å². The number of rotatable bonds is 6. The smallest absolute Gasteiger partial charge is 0.234 e. The number of nitrogens with one attached hydrogen (secondary N) is 1. The van der Waals surface area contributed by atoms with Crippen LogP contribution in [0.5, 0.6) is 0 Å². The van der Waals surface area contributed by atoms with Gasteiger partial charge in [0.15, 0.2) is 0 Å². The molecule has 0 radical (unpaired) electrons. The number of nitrogens with zero attached hydrogens (tertiary/aromatic N) is 4. The van der Waals surface area contributed by atoms with Gasteiger partial charge in [-0.2, -0.15) is 0 Å². The van der Waals surface area contributed by atoms with Crippen molar-refractivity contribution in [2.75, 3.05) is 11.1 Å². The number of hydrogen-bond donors (Lipinski definition) is 1. The summed E-state index contributed by atoms with van der Waals surface area (Å²) in [7, 11) is 0. The summed E-state index contributed by atoms with van der Waals surface area (Å²) in [6.07, 6.45) is 1.53. The Bertz CT molecular complexity index is 864. The first-order valence-corrected chi connectivity index (χ1v) is 9.04. The van der Waals surface area contributed by atoms with Crippen LogP contribution in [0, 0.1) is 13.8 Å². The lowest BCUT2D eigenvalue weighted by Gasteiger charge is -2.09. The largest absolute Gasteiger partial charge is 0.325 e. The average Bonchev–Trinajstić information content (AvgIpc) is 3.11. The van der Waals surface area contributed by atoms with Crippen LogP contribution in [0.3, 0.4) is 0 Å². The van der Waals surface area contributed by atoms with Crippen molar-refractivity contribution in [1.29, 1.82) is 0 Å². The predicted molar refractivity (Wildman–Crippen MR) is 99.9 cm³/mol. The molecule has 7 heteroatoms. The molecule has 25 heavy (non-hydrogen) atoms. The fraction of sp³-hybridized carbons (Fsp3) is 0.222. The molecule has 1 aromatic heterocycles. The molecule has 1 heterocycles. The molecule has 3 rings (SSSR count). The van der Waals surface area contributed by atoms with Gasteiger partial charge in [0.2, 0.25) is 5.91 Å².